The van der Waals surface area contributed by atoms with Gasteiger partial charge in [-0.3, -0.25) is 10.1 Å². The molecule has 6 heteroatoms. The lowest BCUT2D eigenvalue weighted by Crippen LogP contribution is -2.07. The molecule has 0 saturated heterocycles. The lowest BCUT2D eigenvalue weighted by atomic mass is 10.2. The van der Waals surface area contributed by atoms with E-state index in [0.717, 1.165) is 28.3 Å². The summed E-state index contributed by atoms with van der Waals surface area (Å²) in [7, 11) is 1.64. The molecular weight excluding hydrogens is 376 g/mol. The highest BCUT2D eigenvalue weighted by molar-refractivity contribution is 7.99. The Hall–Kier alpha value is -2.57. The van der Waals surface area contributed by atoms with Gasteiger partial charge in [0, 0.05) is 21.9 Å². The highest BCUT2D eigenvalue weighted by atomic mass is 32.2. The number of carbonyl (C=O) groups excluding carboxylic acids is 1. The van der Waals surface area contributed by atoms with Crippen molar-refractivity contribution in [3.05, 3.63) is 65.6 Å². The third-order valence-corrected chi connectivity index (χ3v) is 5.39. The van der Waals surface area contributed by atoms with Crippen LogP contribution in [0.25, 0.3) is 17.3 Å². The molecule has 0 aliphatic heterocycles. The molecule has 2 aromatic carbocycles. The van der Waals surface area contributed by atoms with Crippen molar-refractivity contribution in [1.82, 2.24) is 4.98 Å². The molecule has 1 amide bonds. The van der Waals surface area contributed by atoms with Gasteiger partial charge in [-0.15, -0.1) is 23.1 Å². The number of thioether (sulfide) groups is 1. The van der Waals surface area contributed by atoms with Crippen LogP contribution in [0.4, 0.5) is 5.13 Å². The van der Waals surface area contributed by atoms with Crippen molar-refractivity contribution in [2.75, 3.05) is 18.2 Å². The monoisotopic (exact) mass is 396 g/mol. The molecule has 0 fully saturated rings. The molecule has 0 atom stereocenters. The second kappa shape index (κ2) is 9.39. The summed E-state index contributed by atoms with van der Waals surface area (Å²) in [5.74, 6) is 1.65. The third kappa shape index (κ3) is 5.45. The molecule has 138 valence electrons. The maximum atomic E-state index is 12.1. The fourth-order valence-electron chi connectivity index (χ4n) is 2.39. The van der Waals surface area contributed by atoms with Gasteiger partial charge in [0.05, 0.1) is 12.8 Å². The number of methoxy groups -OCH3 is 1. The number of ether oxygens (including phenoxy) is 1. The van der Waals surface area contributed by atoms with E-state index in [4.69, 9.17) is 4.74 Å². The van der Waals surface area contributed by atoms with E-state index < -0.39 is 0 Å². The Morgan fingerprint density at radius 3 is 2.59 bits per heavy atom. The molecule has 0 radical (unpaired) electrons. The Bertz CT molecular complexity index is 916. The molecule has 3 rings (SSSR count). The number of nitrogens with one attached hydrogen (secondary N) is 1. The molecule has 0 unspecified atom stereocenters. The van der Waals surface area contributed by atoms with Crippen LogP contribution >= 0.6 is 23.1 Å². The Kier molecular flexibility index (Phi) is 6.68. The second-order valence-electron chi connectivity index (χ2n) is 5.59. The number of anilines is 1. The molecule has 0 spiro atoms. The van der Waals surface area contributed by atoms with E-state index in [2.05, 4.69) is 29.4 Å². The first-order chi connectivity index (χ1) is 13.2. The van der Waals surface area contributed by atoms with Gasteiger partial charge in [-0.25, -0.2) is 4.98 Å². The van der Waals surface area contributed by atoms with E-state index in [1.165, 1.54) is 22.3 Å². The van der Waals surface area contributed by atoms with Crippen LogP contribution in [0, 0.1) is 0 Å². The zero-order chi connectivity index (χ0) is 19.1. The van der Waals surface area contributed by atoms with Gasteiger partial charge >= 0.3 is 0 Å². The number of carbonyl (C=O) groups is 1. The number of thiazole rings is 1. The topological polar surface area (TPSA) is 51.2 Å². The van der Waals surface area contributed by atoms with Crippen molar-refractivity contribution < 1.29 is 9.53 Å². The number of benzene rings is 2. The maximum absolute atomic E-state index is 12.1. The SMILES string of the molecule is CCSc1ccc(/C=C/C(=O)Nc2nc(-c3ccc(OC)cc3)cs2)cc1. The fourth-order valence-corrected chi connectivity index (χ4v) is 3.77. The Morgan fingerprint density at radius 2 is 1.93 bits per heavy atom. The summed E-state index contributed by atoms with van der Waals surface area (Å²) in [6, 6.07) is 15.8. The average molecular weight is 397 g/mol. The second-order valence-corrected chi connectivity index (χ2v) is 7.79. The van der Waals surface area contributed by atoms with Crippen LogP contribution < -0.4 is 10.1 Å². The number of hydrogen-bond acceptors (Lipinski definition) is 5. The molecule has 4 nitrogen and oxygen atoms in total. The summed E-state index contributed by atoms with van der Waals surface area (Å²) >= 11 is 3.20. The van der Waals surface area contributed by atoms with Crippen LogP contribution in [0.1, 0.15) is 12.5 Å². The van der Waals surface area contributed by atoms with Crippen LogP contribution in [0.3, 0.4) is 0 Å². The number of amides is 1. The number of nitrogens with zero attached hydrogens (tertiary/aromatic N) is 1. The quantitative estimate of drug-likeness (QED) is 0.418. The van der Waals surface area contributed by atoms with E-state index in [1.807, 2.05) is 41.8 Å². The molecule has 1 heterocycles. The first kappa shape index (κ1) is 19.2. The Morgan fingerprint density at radius 1 is 1.19 bits per heavy atom. The van der Waals surface area contributed by atoms with Gasteiger partial charge < -0.3 is 4.74 Å². The van der Waals surface area contributed by atoms with E-state index >= 15 is 0 Å². The van der Waals surface area contributed by atoms with Crippen molar-refractivity contribution in [2.45, 2.75) is 11.8 Å². The van der Waals surface area contributed by atoms with Gasteiger partial charge in [0.1, 0.15) is 5.75 Å². The molecule has 0 aliphatic carbocycles. The van der Waals surface area contributed by atoms with Gasteiger partial charge in [-0.1, -0.05) is 19.1 Å². The van der Waals surface area contributed by atoms with Gasteiger partial charge in [-0.05, 0) is 53.8 Å². The molecule has 3 aromatic rings. The zero-order valence-electron chi connectivity index (χ0n) is 15.1. The summed E-state index contributed by atoms with van der Waals surface area (Å²) in [6.45, 7) is 2.13. The summed E-state index contributed by atoms with van der Waals surface area (Å²) < 4.78 is 5.16. The lowest BCUT2D eigenvalue weighted by molar-refractivity contribution is -0.111. The highest BCUT2D eigenvalue weighted by Gasteiger charge is 2.06. The molecule has 0 aliphatic rings. The number of rotatable bonds is 7. The van der Waals surface area contributed by atoms with Gasteiger partial charge in [0.15, 0.2) is 5.13 Å². The van der Waals surface area contributed by atoms with Gasteiger partial charge in [0.25, 0.3) is 0 Å². The minimum absolute atomic E-state index is 0.197. The van der Waals surface area contributed by atoms with Crippen molar-refractivity contribution in [1.29, 1.82) is 0 Å². The normalized spacial score (nSPS) is 10.9. The van der Waals surface area contributed by atoms with Crippen LogP contribution in [-0.2, 0) is 4.79 Å². The summed E-state index contributed by atoms with van der Waals surface area (Å²) in [4.78, 5) is 17.8. The minimum atomic E-state index is -0.197. The summed E-state index contributed by atoms with van der Waals surface area (Å²) in [6.07, 6.45) is 3.32. The molecule has 1 aromatic heterocycles. The van der Waals surface area contributed by atoms with Crippen molar-refractivity contribution in [2.24, 2.45) is 0 Å². The van der Waals surface area contributed by atoms with Gasteiger partial charge in [0.2, 0.25) is 5.91 Å². The molecule has 1 N–H and O–H groups in total. The van der Waals surface area contributed by atoms with Crippen LogP contribution in [0.5, 0.6) is 5.75 Å². The van der Waals surface area contributed by atoms with Crippen molar-refractivity contribution in [3.63, 3.8) is 0 Å². The average Bonchev–Trinajstić information content (AvgIpc) is 3.16. The Labute approximate surface area is 167 Å². The van der Waals surface area contributed by atoms with E-state index in [0.29, 0.717) is 5.13 Å². The molecule has 27 heavy (non-hydrogen) atoms. The minimum Gasteiger partial charge on any atom is -0.497 e. The van der Waals surface area contributed by atoms with Gasteiger partial charge in [-0.2, -0.15) is 0 Å². The summed E-state index contributed by atoms with van der Waals surface area (Å²) in [5.41, 5.74) is 2.79. The molecule has 0 saturated carbocycles. The van der Waals surface area contributed by atoms with Crippen molar-refractivity contribution >= 4 is 40.2 Å². The van der Waals surface area contributed by atoms with Crippen molar-refractivity contribution in [3.8, 4) is 17.0 Å². The third-order valence-electron chi connectivity index (χ3n) is 3.74. The Balaban J connectivity index is 1.60. The molecular formula is C21H20N2O2S2. The number of aromatic nitrogens is 1. The lowest BCUT2D eigenvalue weighted by Gasteiger charge is -2.01. The largest absolute Gasteiger partial charge is 0.497 e. The smallest absolute Gasteiger partial charge is 0.250 e. The first-order valence-electron chi connectivity index (χ1n) is 8.50. The zero-order valence-corrected chi connectivity index (χ0v) is 16.8. The predicted molar refractivity (Wildman–Crippen MR) is 115 cm³/mol. The molecule has 0 bridgehead atoms. The standard InChI is InChI=1S/C21H20N2O2S2/c1-3-26-18-11-4-15(5-12-18)6-13-20(24)23-21-22-19(14-27-21)16-7-9-17(25-2)10-8-16/h4-14H,3H2,1-2H3,(H,22,23,24)/b13-6+. The fraction of sp³-hybridized carbons (Fsp3) is 0.143. The van der Waals surface area contributed by atoms with E-state index in [1.54, 1.807) is 24.9 Å². The van der Waals surface area contributed by atoms with Crippen LogP contribution in [0.15, 0.2) is 64.9 Å². The first-order valence-corrected chi connectivity index (χ1v) is 10.4. The predicted octanol–water partition coefficient (Wildman–Crippen LogP) is 5.58. The summed E-state index contributed by atoms with van der Waals surface area (Å²) in [5, 5.41) is 5.31. The van der Waals surface area contributed by atoms with Crippen LogP contribution in [0.2, 0.25) is 0 Å². The number of hydrogen-bond donors (Lipinski definition) is 1. The van der Waals surface area contributed by atoms with E-state index in [9.17, 15) is 4.79 Å². The maximum Gasteiger partial charge on any atom is 0.250 e. The van der Waals surface area contributed by atoms with Crippen LogP contribution in [-0.4, -0.2) is 23.8 Å². The van der Waals surface area contributed by atoms with E-state index in [-0.39, 0.29) is 5.91 Å². The highest BCUT2D eigenvalue weighted by Crippen LogP contribution is 2.26.